The summed E-state index contributed by atoms with van der Waals surface area (Å²) in [6, 6.07) is 16.7. The summed E-state index contributed by atoms with van der Waals surface area (Å²) in [4.78, 5) is 25.2. The van der Waals surface area contributed by atoms with Crippen molar-refractivity contribution in [2.24, 2.45) is 0 Å². The SMILES string of the molecule is Cc1ccc(C)c(NC(=O)[C@H](OC(=O)/C=C/c2ccsc2)c2ccccc2)c1. The van der Waals surface area contributed by atoms with Crippen molar-refractivity contribution in [3.05, 3.63) is 93.7 Å². The van der Waals surface area contributed by atoms with Gasteiger partial charge in [-0.15, -0.1) is 0 Å². The van der Waals surface area contributed by atoms with E-state index in [0.717, 1.165) is 16.7 Å². The number of hydrogen-bond donors (Lipinski definition) is 1. The molecule has 1 atom stereocenters. The average Bonchev–Trinajstić information content (AvgIpc) is 3.21. The van der Waals surface area contributed by atoms with Crippen LogP contribution in [0.25, 0.3) is 6.08 Å². The van der Waals surface area contributed by atoms with Gasteiger partial charge >= 0.3 is 5.97 Å². The molecule has 0 aliphatic heterocycles. The molecule has 0 aliphatic rings. The van der Waals surface area contributed by atoms with Gasteiger partial charge in [0.2, 0.25) is 6.10 Å². The first-order valence-corrected chi connectivity index (χ1v) is 9.81. The molecule has 4 nitrogen and oxygen atoms in total. The Bertz CT molecular complexity index is 978. The van der Waals surface area contributed by atoms with E-state index in [2.05, 4.69) is 5.32 Å². The number of nitrogens with one attached hydrogen (secondary N) is 1. The number of amides is 1. The van der Waals surface area contributed by atoms with Crippen LogP contribution in [0.3, 0.4) is 0 Å². The molecule has 3 aromatic rings. The summed E-state index contributed by atoms with van der Waals surface area (Å²) in [5.41, 5.74) is 4.21. The number of thiophene rings is 1. The fraction of sp³-hybridized carbons (Fsp3) is 0.130. The van der Waals surface area contributed by atoms with Gasteiger partial charge in [-0.1, -0.05) is 42.5 Å². The Hall–Kier alpha value is -3.18. The first-order chi connectivity index (χ1) is 13.5. The van der Waals surface area contributed by atoms with Gasteiger partial charge in [0.25, 0.3) is 5.91 Å². The molecule has 0 fully saturated rings. The van der Waals surface area contributed by atoms with Crippen LogP contribution in [0, 0.1) is 13.8 Å². The van der Waals surface area contributed by atoms with Crippen molar-refractivity contribution in [1.82, 2.24) is 0 Å². The minimum absolute atomic E-state index is 0.391. The number of esters is 1. The predicted molar refractivity (Wildman–Crippen MR) is 113 cm³/mol. The standard InChI is InChI=1S/C23H21NO3S/c1-16-8-9-17(2)20(14-16)24-23(26)22(19-6-4-3-5-7-19)27-21(25)11-10-18-12-13-28-15-18/h3-15,22H,1-2H3,(H,24,26)/b11-10+/t22-/m1/s1. The van der Waals surface area contributed by atoms with Crippen molar-refractivity contribution < 1.29 is 14.3 Å². The largest absolute Gasteiger partial charge is 0.444 e. The highest BCUT2D eigenvalue weighted by Gasteiger charge is 2.24. The highest BCUT2D eigenvalue weighted by Crippen LogP contribution is 2.23. The van der Waals surface area contributed by atoms with Crippen molar-refractivity contribution in [2.75, 3.05) is 5.32 Å². The second-order valence-electron chi connectivity index (χ2n) is 6.43. The van der Waals surface area contributed by atoms with Crippen LogP contribution in [-0.2, 0) is 14.3 Å². The quantitative estimate of drug-likeness (QED) is 0.458. The fourth-order valence-electron chi connectivity index (χ4n) is 2.66. The van der Waals surface area contributed by atoms with Crippen molar-refractivity contribution in [2.45, 2.75) is 20.0 Å². The number of benzene rings is 2. The van der Waals surface area contributed by atoms with E-state index in [1.807, 2.05) is 67.1 Å². The molecule has 0 unspecified atom stereocenters. The van der Waals surface area contributed by atoms with Crippen LogP contribution in [0.1, 0.15) is 28.4 Å². The zero-order valence-electron chi connectivity index (χ0n) is 15.7. The molecule has 28 heavy (non-hydrogen) atoms. The maximum Gasteiger partial charge on any atom is 0.331 e. The number of carbonyl (C=O) groups excluding carboxylic acids is 2. The molecule has 1 aromatic heterocycles. The van der Waals surface area contributed by atoms with Crippen LogP contribution in [0.4, 0.5) is 5.69 Å². The monoisotopic (exact) mass is 391 g/mol. The number of anilines is 1. The Morgan fingerprint density at radius 1 is 1.07 bits per heavy atom. The van der Waals surface area contributed by atoms with Crippen LogP contribution in [0.15, 0.2) is 71.4 Å². The summed E-state index contributed by atoms with van der Waals surface area (Å²) in [7, 11) is 0. The summed E-state index contributed by atoms with van der Waals surface area (Å²) in [6.07, 6.45) is 1.97. The molecule has 0 aliphatic carbocycles. The zero-order chi connectivity index (χ0) is 19.9. The van der Waals surface area contributed by atoms with Crippen molar-refractivity contribution in [1.29, 1.82) is 0 Å². The second-order valence-corrected chi connectivity index (χ2v) is 7.21. The molecule has 0 saturated carbocycles. The smallest absolute Gasteiger partial charge is 0.331 e. The molecule has 2 aromatic carbocycles. The molecule has 0 spiro atoms. The highest BCUT2D eigenvalue weighted by atomic mass is 32.1. The Morgan fingerprint density at radius 2 is 1.86 bits per heavy atom. The molecule has 0 bridgehead atoms. The number of rotatable bonds is 6. The summed E-state index contributed by atoms with van der Waals surface area (Å²) in [5.74, 6) is -0.964. The summed E-state index contributed by atoms with van der Waals surface area (Å²) >= 11 is 1.54. The Balaban J connectivity index is 1.79. The van der Waals surface area contributed by atoms with Gasteiger partial charge < -0.3 is 10.1 Å². The van der Waals surface area contributed by atoms with E-state index < -0.39 is 18.0 Å². The Labute approximate surface area is 168 Å². The van der Waals surface area contributed by atoms with Crippen molar-refractivity contribution in [3.63, 3.8) is 0 Å². The zero-order valence-corrected chi connectivity index (χ0v) is 16.5. The molecular weight excluding hydrogens is 370 g/mol. The molecular formula is C23H21NO3S. The lowest BCUT2D eigenvalue weighted by molar-refractivity contribution is -0.149. The molecule has 0 radical (unpaired) electrons. The van der Waals surface area contributed by atoms with Gasteiger partial charge in [-0.3, -0.25) is 4.79 Å². The molecule has 1 heterocycles. The second kappa shape index (κ2) is 9.15. The molecule has 5 heteroatoms. The number of hydrogen-bond acceptors (Lipinski definition) is 4. The van der Waals surface area contributed by atoms with Gasteiger partial charge in [0.15, 0.2) is 0 Å². The van der Waals surface area contributed by atoms with E-state index >= 15 is 0 Å². The molecule has 0 saturated heterocycles. The van der Waals surface area contributed by atoms with Gasteiger partial charge in [-0.25, -0.2) is 4.79 Å². The van der Waals surface area contributed by atoms with Crippen LogP contribution in [0.2, 0.25) is 0 Å². The van der Waals surface area contributed by atoms with Gasteiger partial charge in [0.1, 0.15) is 0 Å². The van der Waals surface area contributed by atoms with E-state index in [4.69, 9.17) is 4.74 Å². The van der Waals surface area contributed by atoms with Crippen LogP contribution >= 0.6 is 11.3 Å². The lowest BCUT2D eigenvalue weighted by Gasteiger charge is -2.18. The molecule has 1 N–H and O–H groups in total. The van der Waals surface area contributed by atoms with E-state index in [1.54, 1.807) is 29.5 Å². The Kier molecular flexibility index (Phi) is 6.40. The van der Waals surface area contributed by atoms with Gasteiger partial charge in [0.05, 0.1) is 0 Å². The van der Waals surface area contributed by atoms with E-state index in [-0.39, 0.29) is 0 Å². The summed E-state index contributed by atoms with van der Waals surface area (Å²) < 4.78 is 5.50. The fourth-order valence-corrected chi connectivity index (χ4v) is 3.29. The van der Waals surface area contributed by atoms with E-state index in [9.17, 15) is 9.59 Å². The predicted octanol–water partition coefficient (Wildman–Crippen LogP) is 5.30. The molecule has 1 amide bonds. The summed E-state index contributed by atoms with van der Waals surface area (Å²) in [5, 5.41) is 6.73. The molecule has 3 rings (SSSR count). The highest BCUT2D eigenvalue weighted by molar-refractivity contribution is 7.08. The third kappa shape index (κ3) is 5.18. The minimum atomic E-state index is -1.04. The maximum atomic E-state index is 12.9. The van der Waals surface area contributed by atoms with Gasteiger partial charge in [-0.05, 0) is 59.5 Å². The maximum absolute atomic E-state index is 12.9. The van der Waals surface area contributed by atoms with Crippen LogP contribution < -0.4 is 5.32 Å². The first-order valence-electron chi connectivity index (χ1n) is 8.87. The van der Waals surface area contributed by atoms with E-state index in [1.165, 1.54) is 6.08 Å². The number of carbonyl (C=O) groups is 2. The Morgan fingerprint density at radius 3 is 2.57 bits per heavy atom. The molecule has 142 valence electrons. The summed E-state index contributed by atoms with van der Waals surface area (Å²) in [6.45, 7) is 3.88. The van der Waals surface area contributed by atoms with Gasteiger partial charge in [-0.2, -0.15) is 11.3 Å². The topological polar surface area (TPSA) is 55.4 Å². The number of ether oxygens (including phenoxy) is 1. The van der Waals surface area contributed by atoms with Crippen molar-refractivity contribution >= 4 is 35.0 Å². The van der Waals surface area contributed by atoms with Crippen LogP contribution in [0.5, 0.6) is 0 Å². The van der Waals surface area contributed by atoms with Gasteiger partial charge in [0, 0.05) is 17.3 Å². The lowest BCUT2D eigenvalue weighted by Crippen LogP contribution is -2.25. The third-order valence-corrected chi connectivity index (χ3v) is 4.88. The van der Waals surface area contributed by atoms with E-state index in [0.29, 0.717) is 11.3 Å². The lowest BCUT2D eigenvalue weighted by atomic mass is 10.1. The normalized spacial score (nSPS) is 11.9. The van der Waals surface area contributed by atoms with Crippen LogP contribution in [-0.4, -0.2) is 11.9 Å². The average molecular weight is 391 g/mol. The minimum Gasteiger partial charge on any atom is -0.444 e. The third-order valence-electron chi connectivity index (χ3n) is 4.18. The number of aryl methyl sites for hydroxylation is 2. The van der Waals surface area contributed by atoms with Crippen molar-refractivity contribution in [3.8, 4) is 0 Å². The first kappa shape index (κ1) is 19.6.